The van der Waals surface area contributed by atoms with Crippen LogP contribution in [0.4, 0.5) is 5.69 Å². The molecule has 1 aromatic heterocycles. The number of aryl methyl sites for hydroxylation is 1. The summed E-state index contributed by atoms with van der Waals surface area (Å²) in [5.74, 6) is -0.514. The van der Waals surface area contributed by atoms with Crippen LogP contribution in [0, 0.1) is 6.92 Å². The molecule has 1 aliphatic carbocycles. The van der Waals surface area contributed by atoms with Crippen LogP contribution in [0.25, 0.3) is 5.69 Å². The van der Waals surface area contributed by atoms with Crippen molar-refractivity contribution in [1.82, 2.24) is 9.88 Å². The molecule has 33 heavy (non-hydrogen) atoms. The summed E-state index contributed by atoms with van der Waals surface area (Å²) in [6.45, 7) is 1.97. The fourth-order valence-electron chi connectivity index (χ4n) is 4.17. The molecule has 1 saturated carbocycles. The Labute approximate surface area is 193 Å². The average Bonchev–Trinajstić information content (AvgIpc) is 3.09. The maximum atomic E-state index is 13.0. The van der Waals surface area contributed by atoms with Gasteiger partial charge in [0.15, 0.2) is 0 Å². The van der Waals surface area contributed by atoms with Gasteiger partial charge in [-0.25, -0.2) is 0 Å². The van der Waals surface area contributed by atoms with Gasteiger partial charge in [-0.3, -0.25) is 19.0 Å². The van der Waals surface area contributed by atoms with Crippen molar-refractivity contribution in [2.24, 2.45) is 0 Å². The van der Waals surface area contributed by atoms with Gasteiger partial charge in [0.1, 0.15) is 5.56 Å². The Morgan fingerprint density at radius 2 is 1.52 bits per heavy atom. The molecule has 170 valence electrons. The van der Waals surface area contributed by atoms with Gasteiger partial charge in [0.2, 0.25) is 0 Å². The number of carbonyl (C=O) groups excluding carboxylic acids is 2. The highest BCUT2D eigenvalue weighted by Crippen LogP contribution is 2.18. The molecule has 3 aromatic rings. The number of nitrogens with one attached hydrogen (secondary N) is 2. The lowest BCUT2D eigenvalue weighted by Gasteiger charge is -2.16. The van der Waals surface area contributed by atoms with Gasteiger partial charge < -0.3 is 10.6 Å². The van der Waals surface area contributed by atoms with Crippen LogP contribution in [0.15, 0.2) is 71.7 Å². The van der Waals surface area contributed by atoms with E-state index >= 15 is 0 Å². The van der Waals surface area contributed by atoms with E-state index in [9.17, 15) is 14.4 Å². The van der Waals surface area contributed by atoms with Crippen LogP contribution in [0.3, 0.4) is 0 Å². The summed E-state index contributed by atoms with van der Waals surface area (Å²) in [4.78, 5) is 38.2. The molecular weight excluding hydrogens is 414 g/mol. The molecule has 0 spiro atoms. The molecule has 0 atom stereocenters. The molecule has 6 nitrogen and oxygen atoms in total. The largest absolute Gasteiger partial charge is 0.349 e. The molecule has 0 unspecified atom stereocenters. The number of amides is 2. The highest BCUT2D eigenvalue weighted by molar-refractivity contribution is 6.04. The molecule has 6 heteroatoms. The van der Waals surface area contributed by atoms with E-state index < -0.39 is 0 Å². The highest BCUT2D eigenvalue weighted by atomic mass is 16.2. The molecule has 0 radical (unpaired) electrons. The van der Waals surface area contributed by atoms with E-state index in [1.54, 1.807) is 54.7 Å². The Bertz CT molecular complexity index is 1170. The molecular formula is C27H29N3O3. The maximum Gasteiger partial charge on any atom is 0.267 e. The molecule has 2 amide bonds. The topological polar surface area (TPSA) is 80.2 Å². The first-order valence-corrected chi connectivity index (χ1v) is 11.5. The van der Waals surface area contributed by atoms with Gasteiger partial charge >= 0.3 is 0 Å². The predicted molar refractivity (Wildman–Crippen MR) is 130 cm³/mol. The van der Waals surface area contributed by atoms with Gasteiger partial charge in [0.25, 0.3) is 17.4 Å². The van der Waals surface area contributed by atoms with E-state index in [-0.39, 0.29) is 29.0 Å². The molecule has 2 aromatic carbocycles. The highest BCUT2D eigenvalue weighted by Gasteiger charge is 2.18. The second-order valence-corrected chi connectivity index (χ2v) is 8.63. The third-order valence-electron chi connectivity index (χ3n) is 6.10. The average molecular weight is 444 g/mol. The monoisotopic (exact) mass is 443 g/mol. The summed E-state index contributed by atoms with van der Waals surface area (Å²) in [5.41, 5.74) is 2.69. The smallest absolute Gasteiger partial charge is 0.267 e. The van der Waals surface area contributed by atoms with Crippen LogP contribution in [-0.4, -0.2) is 22.4 Å². The molecule has 1 heterocycles. The lowest BCUT2D eigenvalue weighted by atomic mass is 10.1. The van der Waals surface area contributed by atoms with Crippen molar-refractivity contribution in [2.75, 3.05) is 5.32 Å². The lowest BCUT2D eigenvalue weighted by molar-refractivity contribution is 0.0930. The summed E-state index contributed by atoms with van der Waals surface area (Å²) < 4.78 is 1.45. The van der Waals surface area contributed by atoms with Gasteiger partial charge in [-0.15, -0.1) is 0 Å². The number of nitrogens with zero attached hydrogens (tertiary/aromatic N) is 1. The Kier molecular flexibility index (Phi) is 7.03. The minimum atomic E-state index is -0.361. The van der Waals surface area contributed by atoms with Crippen molar-refractivity contribution < 1.29 is 9.59 Å². The zero-order chi connectivity index (χ0) is 23.2. The number of rotatable bonds is 5. The Hall–Kier alpha value is -3.67. The molecule has 0 aliphatic heterocycles. The Morgan fingerprint density at radius 1 is 0.848 bits per heavy atom. The van der Waals surface area contributed by atoms with Crippen LogP contribution in [0.2, 0.25) is 0 Å². The van der Waals surface area contributed by atoms with Gasteiger partial charge in [-0.1, -0.05) is 43.4 Å². The summed E-state index contributed by atoms with van der Waals surface area (Å²) in [6, 6.07) is 17.7. The fourth-order valence-corrected chi connectivity index (χ4v) is 4.17. The van der Waals surface area contributed by atoms with Crippen molar-refractivity contribution in [2.45, 2.75) is 51.5 Å². The number of carbonyl (C=O) groups is 2. The second kappa shape index (κ2) is 10.3. The van der Waals surface area contributed by atoms with Crippen molar-refractivity contribution in [3.05, 3.63) is 93.9 Å². The number of hydrogen-bond acceptors (Lipinski definition) is 3. The molecule has 4 rings (SSSR count). The fraction of sp³-hybridized carbons (Fsp3) is 0.296. The Morgan fingerprint density at radius 3 is 2.18 bits per heavy atom. The quantitative estimate of drug-likeness (QED) is 0.553. The van der Waals surface area contributed by atoms with E-state index in [0.29, 0.717) is 16.9 Å². The zero-order valence-electron chi connectivity index (χ0n) is 18.8. The van der Waals surface area contributed by atoms with E-state index in [2.05, 4.69) is 10.6 Å². The molecule has 1 aliphatic rings. The van der Waals surface area contributed by atoms with Crippen molar-refractivity contribution in [1.29, 1.82) is 0 Å². The van der Waals surface area contributed by atoms with E-state index in [0.717, 1.165) is 31.2 Å². The van der Waals surface area contributed by atoms with Crippen molar-refractivity contribution in [3.63, 3.8) is 0 Å². The van der Waals surface area contributed by atoms with E-state index in [1.807, 2.05) is 19.1 Å². The first kappa shape index (κ1) is 22.5. The van der Waals surface area contributed by atoms with Crippen LogP contribution in [0.5, 0.6) is 0 Å². The van der Waals surface area contributed by atoms with Crippen LogP contribution >= 0.6 is 0 Å². The number of hydrogen-bond donors (Lipinski definition) is 2. The maximum absolute atomic E-state index is 13.0. The van der Waals surface area contributed by atoms with Crippen LogP contribution < -0.4 is 16.2 Å². The lowest BCUT2D eigenvalue weighted by Crippen LogP contribution is -2.38. The van der Waals surface area contributed by atoms with Gasteiger partial charge in [0, 0.05) is 29.2 Å². The molecule has 2 N–H and O–H groups in total. The van der Waals surface area contributed by atoms with E-state index in [1.165, 1.54) is 17.4 Å². The minimum Gasteiger partial charge on any atom is -0.349 e. The number of benzene rings is 2. The van der Waals surface area contributed by atoms with Crippen LogP contribution in [0.1, 0.15) is 64.8 Å². The van der Waals surface area contributed by atoms with Crippen molar-refractivity contribution >= 4 is 17.5 Å². The summed E-state index contributed by atoms with van der Waals surface area (Å²) in [5, 5.41) is 5.91. The third kappa shape index (κ3) is 5.58. The van der Waals surface area contributed by atoms with Crippen LogP contribution in [-0.2, 0) is 0 Å². The predicted octanol–water partition coefficient (Wildman–Crippen LogP) is 4.85. The van der Waals surface area contributed by atoms with Gasteiger partial charge in [-0.2, -0.15) is 0 Å². The molecule has 0 bridgehead atoms. The number of pyridine rings is 1. The van der Waals surface area contributed by atoms with Gasteiger partial charge in [0.05, 0.1) is 0 Å². The normalized spacial score (nSPS) is 14.3. The number of aromatic nitrogens is 1. The van der Waals surface area contributed by atoms with Gasteiger partial charge in [-0.05, 0) is 68.3 Å². The first-order chi connectivity index (χ1) is 16.0. The summed E-state index contributed by atoms with van der Waals surface area (Å²) in [7, 11) is 0. The third-order valence-corrected chi connectivity index (χ3v) is 6.10. The molecule has 1 fully saturated rings. The van der Waals surface area contributed by atoms with E-state index in [4.69, 9.17) is 0 Å². The second-order valence-electron chi connectivity index (χ2n) is 8.63. The summed E-state index contributed by atoms with van der Waals surface area (Å²) in [6.07, 6.45) is 8.18. The van der Waals surface area contributed by atoms with Crippen molar-refractivity contribution in [3.8, 4) is 5.69 Å². The minimum absolute atomic E-state index is 0.129. The SMILES string of the molecule is Cc1ccc(C(=O)Nc2ccc(-n3cccc(C(=O)NC4CCCCCC4)c3=O)cc2)cc1. The first-order valence-electron chi connectivity index (χ1n) is 11.5. The number of anilines is 1. The zero-order valence-corrected chi connectivity index (χ0v) is 18.8. The standard InChI is InChI=1S/C27H29N3O3/c1-19-10-12-20(13-11-19)25(31)28-22-14-16-23(17-15-22)30-18-6-9-24(27(30)33)26(32)29-21-7-4-2-3-5-8-21/h6,9-18,21H,2-5,7-8H2,1H3,(H,28,31)(H,29,32). The Balaban J connectivity index is 1.47. The summed E-state index contributed by atoms with van der Waals surface area (Å²) >= 11 is 0. The molecule has 0 saturated heterocycles.